The maximum absolute atomic E-state index is 12.8. The lowest BCUT2D eigenvalue weighted by atomic mass is 10.2. The van der Waals surface area contributed by atoms with Crippen molar-refractivity contribution in [3.05, 3.63) is 35.6 Å². The highest BCUT2D eigenvalue weighted by Gasteiger charge is 2.41. The van der Waals surface area contributed by atoms with Crippen LogP contribution in [0.25, 0.3) is 0 Å². The van der Waals surface area contributed by atoms with Crippen molar-refractivity contribution in [3.63, 3.8) is 0 Å². The number of benzene rings is 1. The number of rotatable bonds is 4. The molecule has 0 spiro atoms. The van der Waals surface area contributed by atoms with Crippen molar-refractivity contribution in [1.82, 2.24) is 9.62 Å². The summed E-state index contributed by atoms with van der Waals surface area (Å²) in [5.41, 5.74) is 0.681. The van der Waals surface area contributed by atoms with Gasteiger partial charge in [-0.05, 0) is 24.1 Å². The van der Waals surface area contributed by atoms with Gasteiger partial charge in [-0.1, -0.05) is 12.1 Å². The van der Waals surface area contributed by atoms with Crippen molar-refractivity contribution in [3.8, 4) is 0 Å². The van der Waals surface area contributed by atoms with E-state index in [0.29, 0.717) is 9.87 Å². The number of sulfonamides is 1. The second kappa shape index (κ2) is 5.80. The molecule has 0 aromatic heterocycles. The minimum absolute atomic E-state index is 0.0295. The molecule has 0 aliphatic carbocycles. The van der Waals surface area contributed by atoms with E-state index >= 15 is 0 Å². The van der Waals surface area contributed by atoms with Gasteiger partial charge in [-0.2, -0.15) is 0 Å². The minimum atomic E-state index is -3.76. The fraction of sp³-hybridized carbons (Fsp3) is 0.385. The molecule has 114 valence electrons. The van der Waals surface area contributed by atoms with Gasteiger partial charge in [0.25, 0.3) is 0 Å². The second-order valence-corrected chi connectivity index (χ2v) is 6.71. The van der Waals surface area contributed by atoms with Gasteiger partial charge in [0.05, 0.1) is 6.26 Å². The number of carbonyl (C=O) groups excluding carboxylic acids is 2. The van der Waals surface area contributed by atoms with Crippen LogP contribution in [-0.4, -0.2) is 36.8 Å². The van der Waals surface area contributed by atoms with Gasteiger partial charge in [-0.3, -0.25) is 9.59 Å². The normalized spacial score (nSPS) is 18.9. The van der Waals surface area contributed by atoms with Crippen LogP contribution in [0.3, 0.4) is 0 Å². The molecule has 1 heterocycles. The van der Waals surface area contributed by atoms with Crippen LogP contribution in [0.2, 0.25) is 0 Å². The molecular formula is C13H15FN2O4S. The van der Waals surface area contributed by atoms with Crippen LogP contribution in [0.1, 0.15) is 18.4 Å². The molecular weight excluding hydrogens is 299 g/mol. The third kappa shape index (κ3) is 3.57. The number of hydrogen-bond donors (Lipinski definition) is 1. The van der Waals surface area contributed by atoms with Gasteiger partial charge in [0, 0.05) is 13.0 Å². The largest absolute Gasteiger partial charge is 0.350 e. The van der Waals surface area contributed by atoms with E-state index in [1.54, 1.807) is 0 Å². The highest BCUT2D eigenvalue weighted by molar-refractivity contribution is 7.89. The number of hydrogen-bond acceptors (Lipinski definition) is 4. The molecule has 0 saturated carbocycles. The Morgan fingerprint density at radius 1 is 1.38 bits per heavy atom. The lowest BCUT2D eigenvalue weighted by molar-refractivity contribution is -0.130. The highest BCUT2D eigenvalue weighted by atomic mass is 32.2. The number of carbonyl (C=O) groups is 2. The van der Waals surface area contributed by atoms with Crippen LogP contribution in [0.15, 0.2) is 24.3 Å². The summed E-state index contributed by atoms with van der Waals surface area (Å²) in [5.74, 6) is -1.48. The molecule has 1 fully saturated rings. The standard InChI is InChI=1S/C13H15FN2O4S/c1-21(19,20)16-11(6-7-12(16)17)13(18)15-8-9-2-4-10(14)5-3-9/h2-5,11H,6-8H2,1H3,(H,15,18). The first kappa shape index (κ1) is 15.4. The Morgan fingerprint density at radius 2 is 2.00 bits per heavy atom. The van der Waals surface area contributed by atoms with Crippen LogP contribution >= 0.6 is 0 Å². The number of nitrogens with one attached hydrogen (secondary N) is 1. The van der Waals surface area contributed by atoms with Gasteiger partial charge in [0.2, 0.25) is 21.8 Å². The zero-order valence-corrected chi connectivity index (χ0v) is 12.2. The van der Waals surface area contributed by atoms with Gasteiger partial charge >= 0.3 is 0 Å². The van der Waals surface area contributed by atoms with Crippen LogP contribution in [-0.2, 0) is 26.2 Å². The van der Waals surface area contributed by atoms with Crippen LogP contribution in [0.5, 0.6) is 0 Å². The molecule has 2 amide bonds. The summed E-state index contributed by atoms with van der Waals surface area (Å²) < 4.78 is 36.5. The summed E-state index contributed by atoms with van der Waals surface area (Å²) in [6.45, 7) is 0.140. The van der Waals surface area contributed by atoms with Gasteiger partial charge in [0.15, 0.2) is 0 Å². The summed E-state index contributed by atoms with van der Waals surface area (Å²) in [5, 5.41) is 2.56. The Hall–Kier alpha value is -1.96. The summed E-state index contributed by atoms with van der Waals surface area (Å²) >= 11 is 0. The third-order valence-electron chi connectivity index (χ3n) is 3.20. The summed E-state index contributed by atoms with van der Waals surface area (Å²) in [6, 6.07) is 4.56. The molecule has 0 bridgehead atoms. The van der Waals surface area contributed by atoms with Crippen molar-refractivity contribution in [1.29, 1.82) is 0 Å². The maximum Gasteiger partial charge on any atom is 0.244 e. The number of halogens is 1. The predicted octanol–water partition coefficient (Wildman–Crippen LogP) is 0.392. The predicted molar refractivity (Wildman–Crippen MR) is 73.0 cm³/mol. The molecule has 1 aliphatic heterocycles. The van der Waals surface area contributed by atoms with E-state index in [2.05, 4.69) is 5.32 Å². The third-order valence-corrected chi connectivity index (χ3v) is 4.37. The molecule has 1 unspecified atom stereocenters. The Kier molecular flexibility index (Phi) is 4.26. The average molecular weight is 314 g/mol. The lowest BCUT2D eigenvalue weighted by Crippen LogP contribution is -2.46. The van der Waals surface area contributed by atoms with Gasteiger partial charge < -0.3 is 5.32 Å². The molecule has 1 atom stereocenters. The van der Waals surface area contributed by atoms with Gasteiger partial charge in [0.1, 0.15) is 11.9 Å². The molecule has 21 heavy (non-hydrogen) atoms. The average Bonchev–Trinajstić information content (AvgIpc) is 2.79. The molecule has 8 heteroatoms. The molecule has 1 N–H and O–H groups in total. The summed E-state index contributed by atoms with van der Waals surface area (Å²) in [6.07, 6.45) is 1.10. The van der Waals surface area contributed by atoms with E-state index in [-0.39, 0.29) is 25.2 Å². The topological polar surface area (TPSA) is 83.6 Å². The first-order chi connectivity index (χ1) is 9.79. The maximum atomic E-state index is 12.8. The molecule has 1 aliphatic rings. The molecule has 6 nitrogen and oxygen atoms in total. The number of nitrogens with zero attached hydrogens (tertiary/aromatic N) is 1. The monoisotopic (exact) mass is 314 g/mol. The first-order valence-electron chi connectivity index (χ1n) is 6.33. The lowest BCUT2D eigenvalue weighted by Gasteiger charge is -2.21. The summed E-state index contributed by atoms with van der Waals surface area (Å²) in [4.78, 5) is 23.6. The van der Waals surface area contributed by atoms with E-state index in [1.165, 1.54) is 24.3 Å². The Balaban J connectivity index is 2.03. The molecule has 2 rings (SSSR count). The van der Waals surface area contributed by atoms with E-state index in [0.717, 1.165) is 6.26 Å². The molecule has 1 aromatic rings. The minimum Gasteiger partial charge on any atom is -0.350 e. The summed E-state index contributed by atoms with van der Waals surface area (Å²) in [7, 11) is -3.76. The van der Waals surface area contributed by atoms with E-state index in [1.807, 2.05) is 0 Å². The molecule has 1 saturated heterocycles. The van der Waals surface area contributed by atoms with Crippen molar-refractivity contribution >= 4 is 21.8 Å². The van der Waals surface area contributed by atoms with Crippen LogP contribution in [0.4, 0.5) is 4.39 Å². The Morgan fingerprint density at radius 3 is 2.57 bits per heavy atom. The Labute approximate surface area is 122 Å². The van der Waals surface area contributed by atoms with E-state index in [4.69, 9.17) is 0 Å². The fourth-order valence-electron chi connectivity index (χ4n) is 2.22. The zero-order valence-electron chi connectivity index (χ0n) is 11.4. The quantitative estimate of drug-likeness (QED) is 0.871. The van der Waals surface area contributed by atoms with Crippen LogP contribution in [0, 0.1) is 5.82 Å². The van der Waals surface area contributed by atoms with Crippen LogP contribution < -0.4 is 5.32 Å². The van der Waals surface area contributed by atoms with Gasteiger partial charge in [-0.25, -0.2) is 17.1 Å². The highest BCUT2D eigenvalue weighted by Crippen LogP contribution is 2.22. The van der Waals surface area contributed by atoms with Crippen molar-refractivity contribution < 1.29 is 22.4 Å². The fourth-order valence-corrected chi connectivity index (χ4v) is 3.35. The van der Waals surface area contributed by atoms with Crippen molar-refractivity contribution in [2.24, 2.45) is 0 Å². The second-order valence-electron chi connectivity index (χ2n) is 4.85. The smallest absolute Gasteiger partial charge is 0.244 e. The zero-order chi connectivity index (χ0) is 15.6. The Bertz CT molecular complexity index is 657. The number of amides is 2. The van der Waals surface area contributed by atoms with E-state index in [9.17, 15) is 22.4 Å². The van der Waals surface area contributed by atoms with Crippen molar-refractivity contribution in [2.45, 2.75) is 25.4 Å². The SMILES string of the molecule is CS(=O)(=O)N1C(=O)CCC1C(=O)NCc1ccc(F)cc1. The van der Waals surface area contributed by atoms with Gasteiger partial charge in [-0.15, -0.1) is 0 Å². The van der Waals surface area contributed by atoms with Crippen molar-refractivity contribution in [2.75, 3.05) is 6.26 Å². The first-order valence-corrected chi connectivity index (χ1v) is 8.18. The van der Waals surface area contributed by atoms with E-state index < -0.39 is 27.9 Å². The molecule has 0 radical (unpaired) electrons. The molecule has 1 aromatic carbocycles.